The summed E-state index contributed by atoms with van der Waals surface area (Å²) in [5.41, 5.74) is 0.869. The third-order valence-electron chi connectivity index (χ3n) is 3.17. The third-order valence-corrected chi connectivity index (χ3v) is 3.79. The van der Waals surface area contributed by atoms with E-state index in [0.29, 0.717) is 24.5 Å². The van der Waals surface area contributed by atoms with Crippen LogP contribution in [0.4, 0.5) is 9.59 Å². The van der Waals surface area contributed by atoms with Crippen molar-refractivity contribution in [2.45, 2.75) is 39.5 Å². The van der Waals surface area contributed by atoms with Gasteiger partial charge in [-0.25, -0.2) is 9.59 Å². The highest BCUT2D eigenvalue weighted by atomic mass is 79.9. The number of nitrogens with one attached hydrogen (secondary N) is 2. The minimum absolute atomic E-state index is 0.0681. The molecule has 0 heterocycles. The first-order chi connectivity index (χ1) is 12.3. The normalized spacial score (nSPS) is 11.5. The van der Waals surface area contributed by atoms with Crippen molar-refractivity contribution in [3.63, 3.8) is 0 Å². The lowest BCUT2D eigenvalue weighted by Crippen LogP contribution is -2.36. The summed E-state index contributed by atoms with van der Waals surface area (Å²) in [6.07, 6.45) is -1.83. The fraction of sp³-hybridized carbons (Fsp3) is 0.529. The van der Waals surface area contributed by atoms with Gasteiger partial charge in [-0.05, 0) is 53.9 Å². The fourth-order valence-corrected chi connectivity index (χ4v) is 2.54. The van der Waals surface area contributed by atoms with Crippen LogP contribution in [0, 0.1) is 0 Å². The molecular weight excluding hydrogens is 408 g/mol. The Labute approximate surface area is 161 Å². The molecule has 146 valence electrons. The van der Waals surface area contributed by atoms with Crippen LogP contribution in [0.2, 0.25) is 0 Å². The summed E-state index contributed by atoms with van der Waals surface area (Å²) in [7, 11) is 3.14. The molecule has 0 saturated heterocycles. The van der Waals surface area contributed by atoms with E-state index in [1.807, 2.05) is 6.07 Å². The predicted octanol–water partition coefficient (Wildman–Crippen LogP) is 3.22. The van der Waals surface area contributed by atoms with Gasteiger partial charge < -0.3 is 29.6 Å². The van der Waals surface area contributed by atoms with Gasteiger partial charge in [0.2, 0.25) is 6.29 Å². The lowest BCUT2D eigenvalue weighted by atomic mass is 10.1. The highest BCUT2D eigenvalue weighted by Crippen LogP contribution is 2.32. The summed E-state index contributed by atoms with van der Waals surface area (Å²) in [4.78, 5) is 23.2. The molecule has 0 fully saturated rings. The number of carbonyl (C=O) groups is 2. The van der Waals surface area contributed by atoms with Gasteiger partial charge in [0, 0.05) is 19.5 Å². The van der Waals surface area contributed by atoms with Crippen LogP contribution >= 0.6 is 15.9 Å². The monoisotopic (exact) mass is 432 g/mol. The molecule has 0 aliphatic carbocycles. The standard InChI is InChI=1S/C17H25BrN2O6/c1-10(2)20-17(22)26-11(3)25-16(21)19-7-6-12-8-15(24-5)13(18)9-14(12)23-4/h8-11H,6-7H2,1-5H3,(H,19,21)(H,20,22). The number of amides is 2. The number of carbonyl (C=O) groups excluding carboxylic acids is 2. The summed E-state index contributed by atoms with van der Waals surface area (Å²) in [5.74, 6) is 1.34. The number of benzene rings is 1. The highest BCUT2D eigenvalue weighted by molar-refractivity contribution is 9.10. The van der Waals surface area contributed by atoms with Crippen LogP contribution in [0.15, 0.2) is 16.6 Å². The number of hydrogen-bond acceptors (Lipinski definition) is 6. The Morgan fingerprint density at radius 3 is 2.23 bits per heavy atom. The van der Waals surface area contributed by atoms with E-state index in [1.54, 1.807) is 34.1 Å². The van der Waals surface area contributed by atoms with Crippen molar-refractivity contribution in [3.05, 3.63) is 22.2 Å². The van der Waals surface area contributed by atoms with Crippen molar-refractivity contribution in [2.24, 2.45) is 0 Å². The third kappa shape index (κ3) is 7.38. The fourth-order valence-electron chi connectivity index (χ4n) is 2.06. The Morgan fingerprint density at radius 1 is 1.04 bits per heavy atom. The molecule has 0 saturated carbocycles. The van der Waals surface area contributed by atoms with Gasteiger partial charge >= 0.3 is 12.2 Å². The largest absolute Gasteiger partial charge is 0.496 e. The molecule has 0 aromatic heterocycles. The Bertz CT molecular complexity index is 624. The number of ether oxygens (including phenoxy) is 4. The molecule has 1 unspecified atom stereocenters. The van der Waals surface area contributed by atoms with Crippen molar-refractivity contribution >= 4 is 28.1 Å². The molecule has 0 aliphatic rings. The van der Waals surface area contributed by atoms with Crippen molar-refractivity contribution in [1.29, 1.82) is 0 Å². The smallest absolute Gasteiger partial charge is 0.410 e. The molecule has 2 amide bonds. The number of hydrogen-bond donors (Lipinski definition) is 2. The molecule has 8 nitrogen and oxygen atoms in total. The van der Waals surface area contributed by atoms with Gasteiger partial charge in [0.15, 0.2) is 0 Å². The molecule has 2 N–H and O–H groups in total. The first-order valence-electron chi connectivity index (χ1n) is 8.08. The second-order valence-electron chi connectivity index (χ2n) is 5.65. The number of rotatable bonds is 8. The predicted molar refractivity (Wildman–Crippen MR) is 99.6 cm³/mol. The number of methoxy groups -OCH3 is 2. The van der Waals surface area contributed by atoms with Crippen LogP contribution in [0.5, 0.6) is 11.5 Å². The van der Waals surface area contributed by atoms with Gasteiger partial charge in [-0.15, -0.1) is 0 Å². The van der Waals surface area contributed by atoms with E-state index < -0.39 is 18.5 Å². The molecule has 1 rings (SSSR count). The summed E-state index contributed by atoms with van der Waals surface area (Å²) < 4.78 is 21.2. The number of halogens is 1. The molecule has 1 atom stereocenters. The van der Waals surface area contributed by atoms with Gasteiger partial charge in [-0.1, -0.05) is 0 Å². The average molecular weight is 433 g/mol. The molecule has 0 aliphatic heterocycles. The molecular formula is C17H25BrN2O6. The van der Waals surface area contributed by atoms with Crippen molar-refractivity contribution in [2.75, 3.05) is 20.8 Å². The lowest BCUT2D eigenvalue weighted by Gasteiger charge is -2.16. The molecule has 0 spiro atoms. The van der Waals surface area contributed by atoms with Crippen molar-refractivity contribution in [1.82, 2.24) is 10.6 Å². The van der Waals surface area contributed by atoms with E-state index in [-0.39, 0.29) is 6.04 Å². The zero-order valence-corrected chi connectivity index (χ0v) is 17.1. The Hall–Kier alpha value is -2.16. The quantitative estimate of drug-likeness (QED) is 0.612. The van der Waals surface area contributed by atoms with Crippen LogP contribution in [-0.4, -0.2) is 45.3 Å². The molecule has 0 bridgehead atoms. The van der Waals surface area contributed by atoms with E-state index in [0.717, 1.165) is 10.0 Å². The Balaban J connectivity index is 2.47. The Kier molecular flexibility index (Phi) is 9.04. The van der Waals surface area contributed by atoms with E-state index in [1.165, 1.54) is 6.92 Å². The maximum atomic E-state index is 11.8. The number of alkyl carbamates (subject to hydrolysis) is 2. The molecule has 9 heteroatoms. The topological polar surface area (TPSA) is 95.1 Å². The van der Waals surface area contributed by atoms with E-state index in [4.69, 9.17) is 18.9 Å². The van der Waals surface area contributed by atoms with Gasteiger partial charge in [-0.3, -0.25) is 0 Å². The van der Waals surface area contributed by atoms with Gasteiger partial charge in [0.05, 0.1) is 18.7 Å². The zero-order valence-electron chi connectivity index (χ0n) is 15.6. The van der Waals surface area contributed by atoms with Crippen molar-refractivity contribution in [3.8, 4) is 11.5 Å². The van der Waals surface area contributed by atoms with Crippen LogP contribution < -0.4 is 20.1 Å². The molecule has 1 aromatic carbocycles. The summed E-state index contributed by atoms with van der Waals surface area (Å²) in [5, 5.41) is 5.14. The van der Waals surface area contributed by atoms with Crippen LogP contribution in [0.25, 0.3) is 0 Å². The first-order valence-corrected chi connectivity index (χ1v) is 8.88. The molecule has 26 heavy (non-hydrogen) atoms. The zero-order chi connectivity index (χ0) is 19.7. The van der Waals surface area contributed by atoms with E-state index >= 15 is 0 Å². The summed E-state index contributed by atoms with van der Waals surface area (Å²) in [6.45, 7) is 5.36. The maximum Gasteiger partial charge on any atom is 0.410 e. The van der Waals surface area contributed by atoms with Crippen LogP contribution in [0.3, 0.4) is 0 Å². The second kappa shape index (κ2) is 10.7. The second-order valence-corrected chi connectivity index (χ2v) is 6.51. The SMILES string of the molecule is COc1cc(CCNC(=O)OC(C)OC(=O)NC(C)C)c(OC)cc1Br. The lowest BCUT2D eigenvalue weighted by molar-refractivity contribution is -0.0484. The minimum Gasteiger partial charge on any atom is -0.496 e. The summed E-state index contributed by atoms with van der Waals surface area (Å²) >= 11 is 3.39. The van der Waals surface area contributed by atoms with Crippen LogP contribution in [0.1, 0.15) is 26.3 Å². The molecule has 1 aromatic rings. The Morgan fingerprint density at radius 2 is 1.65 bits per heavy atom. The summed E-state index contributed by atoms with van der Waals surface area (Å²) in [6, 6.07) is 3.56. The van der Waals surface area contributed by atoms with Gasteiger partial charge in [-0.2, -0.15) is 0 Å². The highest BCUT2D eigenvalue weighted by Gasteiger charge is 2.15. The van der Waals surface area contributed by atoms with Crippen LogP contribution in [-0.2, 0) is 15.9 Å². The molecule has 0 radical (unpaired) electrons. The maximum absolute atomic E-state index is 11.8. The van der Waals surface area contributed by atoms with Crippen molar-refractivity contribution < 1.29 is 28.5 Å². The van der Waals surface area contributed by atoms with Gasteiger partial charge in [0.1, 0.15) is 11.5 Å². The van der Waals surface area contributed by atoms with E-state index in [9.17, 15) is 9.59 Å². The average Bonchev–Trinajstić information content (AvgIpc) is 2.54. The minimum atomic E-state index is -1.00. The first kappa shape index (κ1) is 21.9. The van der Waals surface area contributed by atoms with Gasteiger partial charge in [0.25, 0.3) is 0 Å². The van der Waals surface area contributed by atoms with E-state index in [2.05, 4.69) is 26.6 Å².